The van der Waals surface area contributed by atoms with E-state index >= 15 is 0 Å². The number of carbonyl (C=O) groups is 2. The maximum atomic E-state index is 13.1. The average molecular weight is 498 g/mol. The molecule has 0 saturated heterocycles. The SMILES string of the molecule is CC(C)(NS(=O)(=O)c1cccc(Br)c1)C(=O)NC1C2CC3CC1CC(C(N)=O)(C3)C2. The molecular weight excluding hydrogens is 470 g/mol. The van der Waals surface area contributed by atoms with Crippen molar-refractivity contribution >= 4 is 37.8 Å². The molecular formula is C21H28BrN3O4S. The molecule has 2 atom stereocenters. The summed E-state index contributed by atoms with van der Waals surface area (Å²) in [7, 11) is -3.87. The molecule has 5 rings (SSSR count). The van der Waals surface area contributed by atoms with Crippen molar-refractivity contribution in [3.05, 3.63) is 28.7 Å². The Kier molecular flexibility index (Phi) is 5.30. The number of halogens is 1. The monoisotopic (exact) mass is 497 g/mol. The lowest BCUT2D eigenvalue weighted by Crippen LogP contribution is -2.65. The van der Waals surface area contributed by atoms with Crippen LogP contribution in [0.1, 0.15) is 46.0 Å². The van der Waals surface area contributed by atoms with Gasteiger partial charge in [0, 0.05) is 15.9 Å². The van der Waals surface area contributed by atoms with Crippen LogP contribution < -0.4 is 15.8 Å². The molecule has 1 aromatic carbocycles. The van der Waals surface area contributed by atoms with Crippen molar-refractivity contribution in [3.8, 4) is 0 Å². The van der Waals surface area contributed by atoms with Crippen molar-refractivity contribution in [2.24, 2.45) is 28.9 Å². The number of amides is 2. The van der Waals surface area contributed by atoms with E-state index in [-0.39, 0.29) is 34.6 Å². The summed E-state index contributed by atoms with van der Waals surface area (Å²) in [5.74, 6) is 0.349. The van der Waals surface area contributed by atoms with Crippen LogP contribution in [-0.4, -0.2) is 31.8 Å². The van der Waals surface area contributed by atoms with Gasteiger partial charge in [-0.3, -0.25) is 9.59 Å². The highest BCUT2D eigenvalue weighted by molar-refractivity contribution is 9.10. The third kappa shape index (κ3) is 3.80. The molecule has 4 saturated carbocycles. The molecule has 0 aromatic heterocycles. The number of carbonyl (C=O) groups excluding carboxylic acids is 2. The van der Waals surface area contributed by atoms with Crippen LogP contribution in [0.3, 0.4) is 0 Å². The number of hydrogen-bond acceptors (Lipinski definition) is 4. The van der Waals surface area contributed by atoms with E-state index in [1.165, 1.54) is 12.1 Å². The Morgan fingerprint density at radius 1 is 1.17 bits per heavy atom. The number of sulfonamides is 1. The van der Waals surface area contributed by atoms with E-state index in [4.69, 9.17) is 5.73 Å². The van der Waals surface area contributed by atoms with E-state index < -0.39 is 21.0 Å². The van der Waals surface area contributed by atoms with Crippen LogP contribution >= 0.6 is 15.9 Å². The molecule has 4 fully saturated rings. The van der Waals surface area contributed by atoms with Crippen LogP contribution in [0.2, 0.25) is 0 Å². The van der Waals surface area contributed by atoms with Crippen LogP contribution in [-0.2, 0) is 19.6 Å². The third-order valence-corrected chi connectivity index (χ3v) is 9.30. The van der Waals surface area contributed by atoms with E-state index in [9.17, 15) is 18.0 Å². The van der Waals surface area contributed by atoms with Gasteiger partial charge in [-0.15, -0.1) is 0 Å². The molecule has 0 heterocycles. The number of hydrogen-bond donors (Lipinski definition) is 3. The minimum atomic E-state index is -3.87. The number of nitrogens with two attached hydrogens (primary N) is 1. The Bertz CT molecular complexity index is 978. The molecule has 4 aliphatic carbocycles. The van der Waals surface area contributed by atoms with Gasteiger partial charge >= 0.3 is 0 Å². The Labute approximate surface area is 185 Å². The smallest absolute Gasteiger partial charge is 0.241 e. The fourth-order valence-corrected chi connectivity index (χ4v) is 7.94. The maximum Gasteiger partial charge on any atom is 0.241 e. The predicted octanol–water partition coefficient (Wildman–Crippen LogP) is 2.30. The molecule has 4 aliphatic rings. The molecule has 30 heavy (non-hydrogen) atoms. The Balaban J connectivity index is 1.48. The van der Waals surface area contributed by atoms with Gasteiger partial charge < -0.3 is 11.1 Å². The first-order valence-electron chi connectivity index (χ1n) is 10.3. The Hall–Kier alpha value is -1.45. The highest BCUT2D eigenvalue weighted by atomic mass is 79.9. The number of nitrogens with one attached hydrogen (secondary N) is 2. The first-order chi connectivity index (χ1) is 13.9. The van der Waals surface area contributed by atoms with Crippen LogP contribution in [0.5, 0.6) is 0 Å². The summed E-state index contributed by atoms with van der Waals surface area (Å²) in [6.07, 6.45) is 4.27. The van der Waals surface area contributed by atoms with Crippen LogP contribution in [0.4, 0.5) is 0 Å². The fourth-order valence-electron chi connectivity index (χ4n) is 5.97. The van der Waals surface area contributed by atoms with E-state index in [0.29, 0.717) is 23.2 Å². The second-order valence-electron chi connectivity index (χ2n) is 9.80. The van der Waals surface area contributed by atoms with Gasteiger partial charge in [0.25, 0.3) is 0 Å². The highest BCUT2D eigenvalue weighted by Crippen LogP contribution is 2.59. The van der Waals surface area contributed by atoms with Crippen molar-refractivity contribution in [2.45, 2.75) is 62.4 Å². The number of primary amides is 1. The highest BCUT2D eigenvalue weighted by Gasteiger charge is 2.58. The first kappa shape index (κ1) is 21.8. The predicted molar refractivity (Wildman–Crippen MR) is 116 cm³/mol. The quantitative estimate of drug-likeness (QED) is 0.558. The third-order valence-electron chi connectivity index (χ3n) is 7.16. The topological polar surface area (TPSA) is 118 Å². The van der Waals surface area contributed by atoms with Crippen LogP contribution in [0, 0.1) is 23.2 Å². The normalized spacial score (nSPS) is 32.8. The summed E-state index contributed by atoms with van der Waals surface area (Å²) in [4.78, 5) is 25.3. The molecule has 7 nitrogen and oxygen atoms in total. The minimum Gasteiger partial charge on any atom is -0.369 e. The zero-order valence-corrected chi connectivity index (χ0v) is 19.6. The van der Waals surface area contributed by atoms with Crippen molar-refractivity contribution in [3.63, 3.8) is 0 Å². The fraction of sp³-hybridized carbons (Fsp3) is 0.619. The molecule has 2 amide bonds. The van der Waals surface area contributed by atoms with E-state index in [1.807, 2.05) is 0 Å². The zero-order chi connectivity index (χ0) is 21.9. The number of rotatable bonds is 6. The minimum absolute atomic E-state index is 0.0452. The lowest BCUT2D eigenvalue weighted by Gasteiger charge is -2.59. The summed E-state index contributed by atoms with van der Waals surface area (Å²) in [5, 5.41) is 3.12. The molecule has 9 heteroatoms. The van der Waals surface area contributed by atoms with E-state index in [0.717, 1.165) is 19.3 Å². The molecule has 0 radical (unpaired) electrons. The van der Waals surface area contributed by atoms with Crippen molar-refractivity contribution in [1.29, 1.82) is 0 Å². The summed E-state index contributed by atoms with van der Waals surface area (Å²) in [6.45, 7) is 3.14. The molecule has 0 spiro atoms. The van der Waals surface area contributed by atoms with Crippen LogP contribution in [0.15, 0.2) is 33.6 Å². The van der Waals surface area contributed by atoms with E-state index in [2.05, 4.69) is 26.0 Å². The van der Waals surface area contributed by atoms with Gasteiger partial charge in [0.15, 0.2) is 0 Å². The Morgan fingerprint density at radius 2 is 1.80 bits per heavy atom. The number of benzene rings is 1. The molecule has 1 aromatic rings. The van der Waals surface area contributed by atoms with Gasteiger partial charge in [-0.25, -0.2) is 8.42 Å². The summed E-state index contributed by atoms with van der Waals surface area (Å²) in [5.41, 5.74) is 3.99. The lowest BCUT2D eigenvalue weighted by molar-refractivity contribution is -0.148. The molecule has 4 bridgehead atoms. The summed E-state index contributed by atoms with van der Waals surface area (Å²) < 4.78 is 28.8. The summed E-state index contributed by atoms with van der Waals surface area (Å²) in [6, 6.07) is 6.31. The van der Waals surface area contributed by atoms with Gasteiger partial charge in [0.2, 0.25) is 21.8 Å². The van der Waals surface area contributed by atoms with Crippen molar-refractivity contribution < 1.29 is 18.0 Å². The van der Waals surface area contributed by atoms with E-state index in [1.54, 1.807) is 26.0 Å². The van der Waals surface area contributed by atoms with Gasteiger partial charge in [-0.2, -0.15) is 4.72 Å². The lowest BCUT2D eigenvalue weighted by atomic mass is 9.47. The zero-order valence-electron chi connectivity index (χ0n) is 17.2. The molecule has 2 unspecified atom stereocenters. The van der Waals surface area contributed by atoms with Gasteiger partial charge in [-0.05, 0) is 81.9 Å². The summed E-state index contributed by atoms with van der Waals surface area (Å²) >= 11 is 3.27. The van der Waals surface area contributed by atoms with Crippen molar-refractivity contribution in [2.75, 3.05) is 0 Å². The largest absolute Gasteiger partial charge is 0.369 e. The second kappa shape index (κ2) is 7.31. The Morgan fingerprint density at radius 3 is 2.37 bits per heavy atom. The first-order valence-corrected chi connectivity index (χ1v) is 12.6. The maximum absolute atomic E-state index is 13.1. The standard InChI is InChI=1S/C21H28BrN3O4S/c1-20(2,25-30(28,29)16-5-3-4-15(22)8-16)19(27)24-17-13-6-12-7-14(17)11-21(9-12,10-13)18(23)26/h3-5,8,12-14,17,25H,6-7,9-11H2,1-2H3,(H2,23,26)(H,24,27). The molecule has 164 valence electrons. The van der Waals surface area contributed by atoms with Gasteiger partial charge in [-0.1, -0.05) is 22.0 Å². The van der Waals surface area contributed by atoms with Gasteiger partial charge in [0.1, 0.15) is 5.54 Å². The molecule has 0 aliphatic heterocycles. The van der Waals surface area contributed by atoms with Gasteiger partial charge in [0.05, 0.1) is 4.90 Å². The average Bonchev–Trinajstić information content (AvgIpc) is 2.63. The second-order valence-corrected chi connectivity index (χ2v) is 12.4. The van der Waals surface area contributed by atoms with Crippen molar-refractivity contribution in [1.82, 2.24) is 10.0 Å². The van der Waals surface area contributed by atoms with Crippen LogP contribution in [0.25, 0.3) is 0 Å². The molecule has 4 N–H and O–H groups in total.